The van der Waals surface area contributed by atoms with Gasteiger partial charge in [0.05, 0.1) is 33.2 Å². The summed E-state index contributed by atoms with van der Waals surface area (Å²) in [6.07, 6.45) is 0.229. The Kier molecular flexibility index (Phi) is 4.28. The van der Waals surface area contributed by atoms with E-state index in [4.69, 9.17) is 9.47 Å². The summed E-state index contributed by atoms with van der Waals surface area (Å²) in [5.74, 6) is 0.891. The summed E-state index contributed by atoms with van der Waals surface area (Å²) in [5.41, 5.74) is 0.816. The molecule has 2 aliphatic heterocycles. The van der Waals surface area contributed by atoms with Crippen molar-refractivity contribution in [3.8, 4) is 11.5 Å². The fourth-order valence-corrected chi connectivity index (χ4v) is 2.90. The third-order valence-corrected chi connectivity index (χ3v) is 4.26. The Morgan fingerprint density at radius 1 is 1.21 bits per heavy atom. The van der Waals surface area contributed by atoms with Crippen LogP contribution >= 0.6 is 0 Å². The van der Waals surface area contributed by atoms with Crippen molar-refractivity contribution in [2.45, 2.75) is 12.5 Å². The number of amides is 4. The summed E-state index contributed by atoms with van der Waals surface area (Å²) in [4.78, 5) is 38.4. The standard InChI is InChI=1S/C16H19N3O5/c1-23-12-4-3-10(5-13(12)24-2)6-14(20)18-8-11(9-18)19-15(21)7-17-16(19)22/h3-5,11H,6-9H2,1-2H3,(H,17,22). The number of ether oxygens (including phenoxy) is 2. The van der Waals surface area contributed by atoms with Gasteiger partial charge < -0.3 is 19.7 Å². The van der Waals surface area contributed by atoms with Crippen LogP contribution in [0, 0.1) is 0 Å². The van der Waals surface area contributed by atoms with Gasteiger partial charge in [0.1, 0.15) is 0 Å². The molecule has 3 rings (SSSR count). The molecule has 0 saturated carbocycles. The zero-order valence-electron chi connectivity index (χ0n) is 13.6. The van der Waals surface area contributed by atoms with Crippen LogP contribution in [0.4, 0.5) is 4.79 Å². The van der Waals surface area contributed by atoms with E-state index in [-0.39, 0.29) is 36.9 Å². The van der Waals surface area contributed by atoms with Crippen LogP contribution in [0.3, 0.4) is 0 Å². The second kappa shape index (κ2) is 6.38. The molecule has 1 N–H and O–H groups in total. The molecule has 0 aliphatic carbocycles. The number of hydrogen-bond acceptors (Lipinski definition) is 5. The largest absolute Gasteiger partial charge is 0.493 e. The van der Waals surface area contributed by atoms with Gasteiger partial charge in [-0.2, -0.15) is 0 Å². The number of carbonyl (C=O) groups is 3. The van der Waals surface area contributed by atoms with Gasteiger partial charge in [-0.15, -0.1) is 0 Å². The molecule has 8 nitrogen and oxygen atoms in total. The average Bonchev–Trinajstić information content (AvgIpc) is 2.85. The number of carbonyl (C=O) groups excluding carboxylic acids is 3. The molecule has 8 heteroatoms. The molecule has 2 heterocycles. The SMILES string of the molecule is COc1ccc(CC(=O)N2CC(N3C(=O)CNC3=O)C2)cc1OC. The quantitative estimate of drug-likeness (QED) is 0.767. The summed E-state index contributed by atoms with van der Waals surface area (Å²) in [6.45, 7) is 0.797. The van der Waals surface area contributed by atoms with E-state index in [9.17, 15) is 14.4 Å². The van der Waals surface area contributed by atoms with Crippen molar-refractivity contribution in [3.63, 3.8) is 0 Å². The van der Waals surface area contributed by atoms with Gasteiger partial charge >= 0.3 is 6.03 Å². The highest BCUT2D eigenvalue weighted by molar-refractivity contribution is 6.02. The fourth-order valence-electron chi connectivity index (χ4n) is 2.90. The first kappa shape index (κ1) is 16.1. The highest BCUT2D eigenvalue weighted by Gasteiger charge is 2.42. The molecule has 128 valence electrons. The van der Waals surface area contributed by atoms with Crippen LogP contribution < -0.4 is 14.8 Å². The third kappa shape index (κ3) is 2.86. The summed E-state index contributed by atoms with van der Waals surface area (Å²) in [6, 6.07) is 4.74. The number of urea groups is 1. The Morgan fingerprint density at radius 3 is 2.50 bits per heavy atom. The van der Waals surface area contributed by atoms with Gasteiger partial charge in [0, 0.05) is 13.1 Å². The molecule has 1 aromatic carbocycles. The van der Waals surface area contributed by atoms with Crippen LogP contribution in [-0.4, -0.2) is 67.5 Å². The molecular weight excluding hydrogens is 314 g/mol. The molecule has 0 atom stereocenters. The van der Waals surface area contributed by atoms with Crippen molar-refractivity contribution in [1.29, 1.82) is 0 Å². The number of nitrogens with one attached hydrogen (secondary N) is 1. The summed E-state index contributed by atoms with van der Waals surface area (Å²) in [5, 5.41) is 2.48. The van der Waals surface area contributed by atoms with Crippen molar-refractivity contribution in [1.82, 2.24) is 15.1 Å². The monoisotopic (exact) mass is 333 g/mol. The van der Waals surface area contributed by atoms with E-state index < -0.39 is 0 Å². The zero-order chi connectivity index (χ0) is 17.3. The van der Waals surface area contributed by atoms with Gasteiger partial charge in [0.25, 0.3) is 0 Å². The fraction of sp³-hybridized carbons (Fsp3) is 0.438. The van der Waals surface area contributed by atoms with Gasteiger partial charge in [-0.3, -0.25) is 14.5 Å². The number of hydrogen-bond donors (Lipinski definition) is 1. The first-order valence-electron chi connectivity index (χ1n) is 7.62. The predicted octanol–water partition coefficient (Wildman–Crippen LogP) is 0.00890. The normalized spacial score (nSPS) is 17.6. The van der Waals surface area contributed by atoms with E-state index >= 15 is 0 Å². The van der Waals surface area contributed by atoms with Crippen LogP contribution in [0.1, 0.15) is 5.56 Å². The van der Waals surface area contributed by atoms with E-state index in [0.29, 0.717) is 24.6 Å². The number of likely N-dealkylation sites (tertiary alicyclic amines) is 1. The lowest BCUT2D eigenvalue weighted by molar-refractivity contribution is -0.141. The van der Waals surface area contributed by atoms with E-state index in [1.165, 1.54) is 4.90 Å². The van der Waals surface area contributed by atoms with Crippen LogP contribution in [0.5, 0.6) is 11.5 Å². The zero-order valence-corrected chi connectivity index (χ0v) is 13.6. The summed E-state index contributed by atoms with van der Waals surface area (Å²) >= 11 is 0. The molecule has 1 aromatic rings. The van der Waals surface area contributed by atoms with Gasteiger partial charge in [-0.05, 0) is 17.7 Å². The molecule has 0 radical (unpaired) electrons. The molecule has 2 fully saturated rings. The number of benzene rings is 1. The smallest absolute Gasteiger partial charge is 0.324 e. The predicted molar refractivity (Wildman–Crippen MR) is 83.9 cm³/mol. The number of methoxy groups -OCH3 is 2. The highest BCUT2D eigenvalue weighted by Crippen LogP contribution is 2.28. The first-order valence-corrected chi connectivity index (χ1v) is 7.62. The third-order valence-electron chi connectivity index (χ3n) is 4.26. The lowest BCUT2D eigenvalue weighted by Crippen LogP contribution is -2.62. The number of nitrogens with zero attached hydrogens (tertiary/aromatic N) is 2. The first-order chi connectivity index (χ1) is 11.5. The van der Waals surface area contributed by atoms with E-state index in [1.807, 2.05) is 6.07 Å². The Morgan fingerprint density at radius 2 is 1.92 bits per heavy atom. The van der Waals surface area contributed by atoms with Crippen LogP contribution in [-0.2, 0) is 16.0 Å². The van der Waals surface area contributed by atoms with Crippen LogP contribution in [0.25, 0.3) is 0 Å². The van der Waals surface area contributed by atoms with E-state index in [0.717, 1.165) is 5.56 Å². The molecule has 0 aromatic heterocycles. The summed E-state index contributed by atoms with van der Waals surface area (Å²) < 4.78 is 10.4. The van der Waals surface area contributed by atoms with Gasteiger partial charge in [-0.25, -0.2) is 4.79 Å². The topological polar surface area (TPSA) is 88.2 Å². The Bertz CT molecular complexity index is 668. The Labute approximate surface area is 139 Å². The van der Waals surface area contributed by atoms with Crippen molar-refractivity contribution >= 4 is 17.8 Å². The van der Waals surface area contributed by atoms with Crippen molar-refractivity contribution < 1.29 is 23.9 Å². The molecule has 0 unspecified atom stereocenters. The van der Waals surface area contributed by atoms with Gasteiger partial charge in [0.15, 0.2) is 11.5 Å². The van der Waals surface area contributed by atoms with Crippen molar-refractivity contribution in [2.75, 3.05) is 33.9 Å². The molecule has 0 spiro atoms. The average molecular weight is 333 g/mol. The minimum Gasteiger partial charge on any atom is -0.493 e. The second-order valence-electron chi connectivity index (χ2n) is 5.74. The van der Waals surface area contributed by atoms with Crippen molar-refractivity contribution in [2.24, 2.45) is 0 Å². The lowest BCUT2D eigenvalue weighted by atomic mass is 10.0. The molecule has 2 saturated heterocycles. The molecule has 0 bridgehead atoms. The maximum Gasteiger partial charge on any atom is 0.324 e. The van der Waals surface area contributed by atoms with E-state index in [2.05, 4.69) is 5.32 Å². The maximum atomic E-state index is 12.3. The maximum absolute atomic E-state index is 12.3. The number of imide groups is 1. The minimum absolute atomic E-state index is 0.0366. The Hall–Kier alpha value is -2.77. The second-order valence-corrected chi connectivity index (χ2v) is 5.74. The lowest BCUT2D eigenvalue weighted by Gasteiger charge is -2.42. The minimum atomic E-state index is -0.378. The van der Waals surface area contributed by atoms with Gasteiger partial charge in [-0.1, -0.05) is 6.07 Å². The summed E-state index contributed by atoms with van der Waals surface area (Å²) in [7, 11) is 3.10. The van der Waals surface area contributed by atoms with E-state index in [1.54, 1.807) is 31.3 Å². The Balaban J connectivity index is 1.57. The van der Waals surface area contributed by atoms with Crippen molar-refractivity contribution in [3.05, 3.63) is 23.8 Å². The van der Waals surface area contributed by atoms with Crippen LogP contribution in [0.15, 0.2) is 18.2 Å². The molecule has 4 amide bonds. The molecule has 2 aliphatic rings. The molecular formula is C16H19N3O5. The van der Waals surface area contributed by atoms with Crippen LogP contribution in [0.2, 0.25) is 0 Å². The number of rotatable bonds is 5. The molecule has 24 heavy (non-hydrogen) atoms. The highest BCUT2D eigenvalue weighted by atomic mass is 16.5. The van der Waals surface area contributed by atoms with Gasteiger partial charge in [0.2, 0.25) is 11.8 Å².